The molecule has 2 rings (SSSR count). The predicted octanol–water partition coefficient (Wildman–Crippen LogP) is 3.11. The van der Waals surface area contributed by atoms with Gasteiger partial charge >= 0.3 is 6.18 Å². The third-order valence-corrected chi connectivity index (χ3v) is 6.33. The number of hydrogen-bond acceptors (Lipinski definition) is 3. The molecular weight excluding hydrogens is 413 g/mol. The molecule has 1 aliphatic rings. The molecule has 0 aromatic heterocycles. The van der Waals surface area contributed by atoms with E-state index in [1.54, 1.807) is 6.92 Å². The van der Waals surface area contributed by atoms with E-state index in [4.69, 9.17) is 0 Å². The molecule has 0 bridgehead atoms. The van der Waals surface area contributed by atoms with Gasteiger partial charge in [0.05, 0.1) is 13.1 Å². The molecule has 1 aliphatic heterocycles. The minimum Gasteiger partial charge on any atom is -0.357 e. The maximum absolute atomic E-state index is 12.7. The van der Waals surface area contributed by atoms with Crippen molar-refractivity contribution in [2.45, 2.75) is 32.2 Å². The summed E-state index contributed by atoms with van der Waals surface area (Å²) in [6, 6.07) is 9.74. The number of nitrogens with zero attached hydrogens (tertiary/aromatic N) is 3. The van der Waals surface area contributed by atoms with Crippen molar-refractivity contribution in [1.29, 1.82) is 0 Å². The first-order valence-electron chi connectivity index (χ1n) is 10.5. The Hall–Kier alpha value is -1.61. The highest BCUT2D eigenvalue weighted by atomic mass is 32.2. The van der Waals surface area contributed by atoms with Crippen molar-refractivity contribution in [3.05, 3.63) is 35.9 Å². The standard InChI is InChI=1S/C21H33F3N4OS/c1-3-25-20(26-11-13-30(29)16-18-8-6-5-7-9-18)28-12-10-19(15-28)14-27(4-2)17-21(22,23)24/h5-9,19H,3-4,10-17H2,1-2H3,(H,25,26). The van der Waals surface area contributed by atoms with E-state index in [0.717, 1.165) is 24.5 Å². The Morgan fingerprint density at radius 1 is 1.30 bits per heavy atom. The number of aliphatic imine (C=N–C) groups is 1. The smallest absolute Gasteiger partial charge is 0.357 e. The van der Waals surface area contributed by atoms with Crippen LogP contribution in [-0.4, -0.2) is 77.7 Å². The van der Waals surface area contributed by atoms with E-state index in [9.17, 15) is 17.4 Å². The van der Waals surface area contributed by atoms with Crippen LogP contribution in [0.15, 0.2) is 35.3 Å². The summed E-state index contributed by atoms with van der Waals surface area (Å²) in [5, 5.41) is 3.26. The number of guanidine groups is 1. The molecule has 0 radical (unpaired) electrons. The Morgan fingerprint density at radius 3 is 2.67 bits per heavy atom. The lowest BCUT2D eigenvalue weighted by molar-refractivity contribution is -0.146. The SMILES string of the molecule is CCNC(=NCCS(=O)Cc1ccccc1)N1CCC(CN(CC)CC(F)(F)F)C1. The van der Waals surface area contributed by atoms with E-state index in [1.165, 1.54) is 4.90 Å². The predicted molar refractivity (Wildman–Crippen MR) is 117 cm³/mol. The number of benzene rings is 1. The van der Waals surface area contributed by atoms with Gasteiger partial charge in [0.15, 0.2) is 5.96 Å². The summed E-state index contributed by atoms with van der Waals surface area (Å²) in [5.41, 5.74) is 1.05. The van der Waals surface area contributed by atoms with Crippen molar-refractivity contribution in [3.8, 4) is 0 Å². The fourth-order valence-electron chi connectivity index (χ4n) is 3.61. The van der Waals surface area contributed by atoms with E-state index in [-0.39, 0.29) is 5.92 Å². The molecule has 170 valence electrons. The summed E-state index contributed by atoms with van der Waals surface area (Å²) in [6.45, 7) is 6.34. The number of likely N-dealkylation sites (tertiary alicyclic amines) is 1. The fourth-order valence-corrected chi connectivity index (χ4v) is 4.61. The van der Waals surface area contributed by atoms with Crippen molar-refractivity contribution < 1.29 is 17.4 Å². The number of rotatable bonds is 10. The van der Waals surface area contributed by atoms with Gasteiger partial charge in [0.25, 0.3) is 0 Å². The topological polar surface area (TPSA) is 47.9 Å². The van der Waals surface area contributed by atoms with Gasteiger partial charge in [-0.1, -0.05) is 37.3 Å². The minimum atomic E-state index is -4.17. The Kier molecular flexibility index (Phi) is 10.1. The summed E-state index contributed by atoms with van der Waals surface area (Å²) in [4.78, 5) is 8.19. The number of halogens is 3. The van der Waals surface area contributed by atoms with E-state index in [0.29, 0.717) is 44.2 Å². The lowest BCUT2D eigenvalue weighted by atomic mass is 10.1. The van der Waals surface area contributed by atoms with Gasteiger partial charge in [-0.2, -0.15) is 13.2 Å². The Bertz CT molecular complexity index is 685. The maximum atomic E-state index is 12.7. The third-order valence-electron chi connectivity index (χ3n) is 5.04. The number of nitrogens with one attached hydrogen (secondary N) is 1. The Labute approximate surface area is 180 Å². The molecule has 0 aliphatic carbocycles. The summed E-state index contributed by atoms with van der Waals surface area (Å²) in [5.74, 6) is 1.94. The zero-order chi connectivity index (χ0) is 22.0. The number of hydrogen-bond donors (Lipinski definition) is 1. The molecule has 1 aromatic rings. The zero-order valence-corrected chi connectivity index (χ0v) is 18.6. The summed E-state index contributed by atoms with van der Waals surface area (Å²) in [7, 11) is -0.985. The van der Waals surface area contributed by atoms with E-state index in [1.807, 2.05) is 37.3 Å². The molecule has 1 fully saturated rings. The van der Waals surface area contributed by atoms with Gasteiger partial charge in [-0.25, -0.2) is 0 Å². The van der Waals surface area contributed by atoms with Crippen LogP contribution in [0.3, 0.4) is 0 Å². The van der Waals surface area contributed by atoms with Crippen molar-refractivity contribution in [3.63, 3.8) is 0 Å². The number of alkyl halides is 3. The van der Waals surface area contributed by atoms with Crippen LogP contribution in [0.5, 0.6) is 0 Å². The highest BCUT2D eigenvalue weighted by molar-refractivity contribution is 7.84. The lowest BCUT2D eigenvalue weighted by Crippen LogP contribution is -2.42. The molecule has 1 heterocycles. The molecule has 1 aromatic carbocycles. The molecule has 30 heavy (non-hydrogen) atoms. The van der Waals surface area contributed by atoms with Gasteiger partial charge < -0.3 is 10.2 Å². The first kappa shape index (κ1) is 24.7. The molecule has 2 unspecified atom stereocenters. The fraction of sp³-hybridized carbons (Fsp3) is 0.667. The minimum absolute atomic E-state index is 0.184. The van der Waals surface area contributed by atoms with Crippen LogP contribution >= 0.6 is 0 Å². The largest absolute Gasteiger partial charge is 0.401 e. The van der Waals surface area contributed by atoms with E-state index >= 15 is 0 Å². The van der Waals surface area contributed by atoms with Crippen molar-refractivity contribution >= 4 is 16.8 Å². The second-order valence-electron chi connectivity index (χ2n) is 7.55. The Morgan fingerprint density at radius 2 is 2.03 bits per heavy atom. The second kappa shape index (κ2) is 12.3. The van der Waals surface area contributed by atoms with Gasteiger partial charge in [0.1, 0.15) is 0 Å². The monoisotopic (exact) mass is 446 g/mol. The van der Waals surface area contributed by atoms with Crippen molar-refractivity contribution in [1.82, 2.24) is 15.1 Å². The first-order chi connectivity index (χ1) is 14.3. The average Bonchev–Trinajstić information content (AvgIpc) is 3.15. The Balaban J connectivity index is 1.84. The molecule has 5 nitrogen and oxygen atoms in total. The molecule has 1 N–H and O–H groups in total. The zero-order valence-electron chi connectivity index (χ0n) is 17.8. The molecule has 9 heteroatoms. The lowest BCUT2D eigenvalue weighted by Gasteiger charge is -2.26. The van der Waals surface area contributed by atoms with Gasteiger partial charge in [-0.05, 0) is 31.4 Å². The average molecular weight is 447 g/mol. The molecule has 0 spiro atoms. The van der Waals surface area contributed by atoms with Crippen LogP contribution in [0.4, 0.5) is 13.2 Å². The van der Waals surface area contributed by atoms with Crippen LogP contribution in [0.25, 0.3) is 0 Å². The highest BCUT2D eigenvalue weighted by Crippen LogP contribution is 2.21. The van der Waals surface area contributed by atoms with Crippen LogP contribution in [-0.2, 0) is 16.6 Å². The van der Waals surface area contributed by atoms with E-state index < -0.39 is 23.5 Å². The van der Waals surface area contributed by atoms with Crippen molar-refractivity contribution in [2.75, 3.05) is 51.6 Å². The molecule has 1 saturated heterocycles. The van der Waals surface area contributed by atoms with Crippen LogP contribution in [0.1, 0.15) is 25.8 Å². The van der Waals surface area contributed by atoms with Gasteiger partial charge in [0, 0.05) is 48.5 Å². The highest BCUT2D eigenvalue weighted by Gasteiger charge is 2.33. The quantitative estimate of drug-likeness (QED) is 0.443. The molecular formula is C21H33F3N4OS. The van der Waals surface area contributed by atoms with Crippen molar-refractivity contribution in [2.24, 2.45) is 10.9 Å². The van der Waals surface area contributed by atoms with E-state index in [2.05, 4.69) is 15.2 Å². The van der Waals surface area contributed by atoms with Crippen LogP contribution in [0.2, 0.25) is 0 Å². The van der Waals surface area contributed by atoms with Gasteiger partial charge in [-0.3, -0.25) is 14.1 Å². The summed E-state index contributed by atoms with van der Waals surface area (Å²) in [6.07, 6.45) is -3.32. The normalized spacial score (nSPS) is 18.8. The molecule has 2 atom stereocenters. The first-order valence-corrected chi connectivity index (χ1v) is 12.0. The van der Waals surface area contributed by atoms with Gasteiger partial charge in [-0.15, -0.1) is 0 Å². The van der Waals surface area contributed by atoms with Crippen LogP contribution in [0, 0.1) is 5.92 Å². The molecule has 0 amide bonds. The van der Waals surface area contributed by atoms with Crippen LogP contribution < -0.4 is 5.32 Å². The summed E-state index contributed by atoms with van der Waals surface area (Å²) >= 11 is 0. The maximum Gasteiger partial charge on any atom is 0.401 e. The molecule has 0 saturated carbocycles. The van der Waals surface area contributed by atoms with Gasteiger partial charge in [0.2, 0.25) is 0 Å². The second-order valence-corrected chi connectivity index (χ2v) is 9.13. The third kappa shape index (κ3) is 9.04. The summed E-state index contributed by atoms with van der Waals surface area (Å²) < 4.78 is 50.4.